The molecule has 1 aromatic rings. The first-order chi connectivity index (χ1) is 9.81. The van der Waals surface area contributed by atoms with Crippen LogP contribution in [-0.2, 0) is 10.0 Å². The number of hydrogen-bond acceptors (Lipinski definition) is 5. The number of pyridine rings is 1. The van der Waals surface area contributed by atoms with Crippen molar-refractivity contribution >= 4 is 16.0 Å². The summed E-state index contributed by atoms with van der Waals surface area (Å²) in [6.07, 6.45) is 3.97. The zero-order valence-electron chi connectivity index (χ0n) is 12.0. The van der Waals surface area contributed by atoms with Gasteiger partial charge in [0, 0.05) is 18.3 Å². The molecule has 1 saturated heterocycles. The Bertz CT molecular complexity index is 605. The average molecular weight is 313 g/mol. The molecule has 0 saturated carbocycles. The third kappa shape index (κ3) is 3.58. The van der Waals surface area contributed by atoms with E-state index in [9.17, 15) is 13.2 Å². The fourth-order valence-corrected chi connectivity index (χ4v) is 3.62. The van der Waals surface area contributed by atoms with Crippen LogP contribution in [0.1, 0.15) is 43.5 Å². The lowest BCUT2D eigenvalue weighted by Gasteiger charge is -2.38. The highest BCUT2D eigenvalue weighted by Gasteiger charge is 2.29. The summed E-state index contributed by atoms with van der Waals surface area (Å²) >= 11 is 0. The van der Waals surface area contributed by atoms with E-state index in [-0.39, 0.29) is 22.7 Å². The summed E-state index contributed by atoms with van der Waals surface area (Å²) in [5, 5.41) is 10.3. The molecule has 0 aromatic carbocycles. The Labute approximate surface area is 124 Å². The predicted octanol–water partition coefficient (Wildman–Crippen LogP) is 1.24. The highest BCUT2D eigenvalue weighted by atomic mass is 32.2. The van der Waals surface area contributed by atoms with Gasteiger partial charge in [0.25, 0.3) is 10.0 Å². The fourth-order valence-electron chi connectivity index (χ4n) is 2.45. The third-order valence-electron chi connectivity index (χ3n) is 3.68. The van der Waals surface area contributed by atoms with Gasteiger partial charge in [-0.25, -0.2) is 23.2 Å². The van der Waals surface area contributed by atoms with Gasteiger partial charge in [0.2, 0.25) is 0 Å². The van der Waals surface area contributed by atoms with E-state index in [1.165, 1.54) is 12.1 Å². The Balaban J connectivity index is 2.19. The summed E-state index contributed by atoms with van der Waals surface area (Å²) < 4.78 is 24.6. The van der Waals surface area contributed by atoms with Crippen molar-refractivity contribution in [1.82, 2.24) is 14.8 Å². The number of rotatable bonds is 4. The van der Waals surface area contributed by atoms with Gasteiger partial charge in [-0.1, -0.05) is 6.42 Å². The molecule has 116 valence electrons. The van der Waals surface area contributed by atoms with Crippen LogP contribution in [0.4, 0.5) is 0 Å². The lowest BCUT2D eigenvalue weighted by molar-refractivity contribution is 0.0696. The number of aromatic carboxylic acids is 1. The molecular weight excluding hydrogens is 294 g/mol. The molecule has 2 rings (SSSR count). The largest absolute Gasteiger partial charge is 0.478 e. The van der Waals surface area contributed by atoms with Gasteiger partial charge in [-0.15, -0.1) is 4.83 Å². The quantitative estimate of drug-likeness (QED) is 0.867. The standard InChI is InChI=1S/C13H19N3O4S/c1-9-4-3-5-10(2)16(9)15-21(19,20)12-7-6-11(8-14-12)13(17)18/h6-10,15H,3-5H2,1-2H3,(H,17,18). The van der Waals surface area contributed by atoms with Gasteiger partial charge in [-0.2, -0.15) is 0 Å². The first-order valence-electron chi connectivity index (χ1n) is 6.81. The van der Waals surface area contributed by atoms with E-state index in [1.54, 1.807) is 5.01 Å². The molecule has 2 atom stereocenters. The first kappa shape index (κ1) is 15.9. The number of hydrogen-bond donors (Lipinski definition) is 2. The second-order valence-corrected chi connectivity index (χ2v) is 6.93. The van der Waals surface area contributed by atoms with Gasteiger partial charge in [0.05, 0.1) is 5.56 Å². The van der Waals surface area contributed by atoms with Crippen LogP contribution in [-0.4, -0.2) is 41.6 Å². The van der Waals surface area contributed by atoms with E-state index in [4.69, 9.17) is 5.11 Å². The number of hydrazine groups is 1. The Morgan fingerprint density at radius 1 is 1.33 bits per heavy atom. The van der Waals surface area contributed by atoms with Crippen LogP contribution in [0.2, 0.25) is 0 Å². The normalized spacial score (nSPS) is 23.9. The van der Waals surface area contributed by atoms with Crippen molar-refractivity contribution in [2.24, 2.45) is 0 Å². The molecule has 8 heteroatoms. The van der Waals surface area contributed by atoms with Gasteiger partial charge in [-0.3, -0.25) is 0 Å². The third-order valence-corrected chi connectivity index (χ3v) is 4.92. The number of sulfonamides is 1. The van der Waals surface area contributed by atoms with E-state index < -0.39 is 16.0 Å². The summed E-state index contributed by atoms with van der Waals surface area (Å²) in [5.41, 5.74) is -0.0475. The molecule has 0 bridgehead atoms. The second-order valence-electron chi connectivity index (χ2n) is 5.32. The van der Waals surface area contributed by atoms with E-state index in [2.05, 4.69) is 9.82 Å². The molecule has 21 heavy (non-hydrogen) atoms. The molecular formula is C13H19N3O4S. The van der Waals surface area contributed by atoms with Gasteiger partial charge in [0.1, 0.15) is 0 Å². The Morgan fingerprint density at radius 2 is 1.95 bits per heavy atom. The van der Waals surface area contributed by atoms with Crippen molar-refractivity contribution in [3.8, 4) is 0 Å². The van der Waals surface area contributed by atoms with Crippen LogP contribution < -0.4 is 4.83 Å². The molecule has 7 nitrogen and oxygen atoms in total. The maximum absolute atomic E-state index is 12.3. The van der Waals surface area contributed by atoms with E-state index in [0.29, 0.717) is 0 Å². The zero-order valence-corrected chi connectivity index (χ0v) is 12.8. The van der Waals surface area contributed by atoms with Crippen LogP contribution in [0, 0.1) is 0 Å². The van der Waals surface area contributed by atoms with Crippen LogP contribution in [0.3, 0.4) is 0 Å². The summed E-state index contributed by atoms with van der Waals surface area (Å²) in [6.45, 7) is 3.94. The molecule has 0 radical (unpaired) electrons. The molecule has 0 aliphatic carbocycles. The van der Waals surface area contributed by atoms with E-state index in [1.807, 2.05) is 13.8 Å². The average Bonchev–Trinajstić information content (AvgIpc) is 2.43. The van der Waals surface area contributed by atoms with Crippen LogP contribution >= 0.6 is 0 Å². The van der Waals surface area contributed by atoms with Crippen molar-refractivity contribution < 1.29 is 18.3 Å². The van der Waals surface area contributed by atoms with Gasteiger partial charge < -0.3 is 5.11 Å². The summed E-state index contributed by atoms with van der Waals surface area (Å²) in [4.78, 5) is 17.0. The van der Waals surface area contributed by atoms with Crippen molar-refractivity contribution in [3.05, 3.63) is 23.9 Å². The lowest BCUT2D eigenvalue weighted by atomic mass is 10.0. The second kappa shape index (κ2) is 6.08. The molecule has 2 unspecified atom stereocenters. The SMILES string of the molecule is CC1CCCC(C)N1NS(=O)(=O)c1ccc(C(=O)O)cn1. The number of nitrogens with one attached hydrogen (secondary N) is 1. The number of carboxylic acid groups (broad SMARTS) is 1. The van der Waals surface area contributed by atoms with Crippen LogP contribution in [0.15, 0.2) is 23.4 Å². The molecule has 0 spiro atoms. The van der Waals surface area contributed by atoms with Gasteiger partial charge in [0.15, 0.2) is 5.03 Å². The zero-order chi connectivity index (χ0) is 15.6. The smallest absolute Gasteiger partial charge is 0.337 e. The fraction of sp³-hybridized carbons (Fsp3) is 0.538. The summed E-state index contributed by atoms with van der Waals surface area (Å²) in [7, 11) is -3.80. The first-order valence-corrected chi connectivity index (χ1v) is 8.29. The number of carbonyl (C=O) groups is 1. The molecule has 2 N–H and O–H groups in total. The van der Waals surface area contributed by atoms with Gasteiger partial charge in [-0.05, 0) is 38.8 Å². The lowest BCUT2D eigenvalue weighted by Crippen LogP contribution is -2.54. The molecule has 0 amide bonds. The minimum atomic E-state index is -3.80. The monoisotopic (exact) mass is 313 g/mol. The Hall–Kier alpha value is -1.51. The highest BCUT2D eigenvalue weighted by Crippen LogP contribution is 2.21. The highest BCUT2D eigenvalue weighted by molar-refractivity contribution is 7.89. The van der Waals surface area contributed by atoms with E-state index >= 15 is 0 Å². The maximum atomic E-state index is 12.3. The van der Waals surface area contributed by atoms with Crippen molar-refractivity contribution in [3.63, 3.8) is 0 Å². The predicted molar refractivity (Wildman–Crippen MR) is 76.1 cm³/mol. The summed E-state index contributed by atoms with van der Waals surface area (Å²) in [5.74, 6) is -1.14. The minimum absolute atomic E-state index is 0.0475. The van der Waals surface area contributed by atoms with Crippen molar-refractivity contribution in [1.29, 1.82) is 0 Å². The Kier molecular flexibility index (Phi) is 4.60. The number of aromatic nitrogens is 1. The van der Waals surface area contributed by atoms with Crippen LogP contribution in [0.25, 0.3) is 0 Å². The Morgan fingerprint density at radius 3 is 2.43 bits per heavy atom. The van der Waals surface area contributed by atoms with Crippen molar-refractivity contribution in [2.75, 3.05) is 0 Å². The molecule has 1 aromatic heterocycles. The molecule has 1 aliphatic rings. The number of carboxylic acids is 1. The molecule has 2 heterocycles. The van der Waals surface area contributed by atoms with E-state index in [0.717, 1.165) is 25.5 Å². The number of nitrogens with zero attached hydrogens (tertiary/aromatic N) is 2. The van der Waals surface area contributed by atoms with Crippen molar-refractivity contribution in [2.45, 2.75) is 50.2 Å². The van der Waals surface area contributed by atoms with Gasteiger partial charge >= 0.3 is 5.97 Å². The van der Waals surface area contributed by atoms with Crippen LogP contribution in [0.5, 0.6) is 0 Å². The number of piperidine rings is 1. The molecule has 1 fully saturated rings. The topological polar surface area (TPSA) is 99.6 Å². The maximum Gasteiger partial charge on any atom is 0.337 e. The molecule has 1 aliphatic heterocycles. The minimum Gasteiger partial charge on any atom is -0.478 e. The summed E-state index contributed by atoms with van der Waals surface area (Å²) in [6, 6.07) is 2.65.